The largest absolute Gasteiger partial charge is 0.336 e. The van der Waals surface area contributed by atoms with Crippen molar-refractivity contribution in [3.63, 3.8) is 0 Å². The van der Waals surface area contributed by atoms with E-state index in [1.54, 1.807) is 0 Å². The molecular weight excluding hydrogens is 198 g/mol. The summed E-state index contributed by atoms with van der Waals surface area (Å²) >= 11 is 0. The highest BCUT2D eigenvalue weighted by Crippen LogP contribution is 2.37. The van der Waals surface area contributed by atoms with E-state index < -0.39 is 0 Å². The van der Waals surface area contributed by atoms with E-state index in [4.69, 9.17) is 0 Å². The van der Waals surface area contributed by atoms with Crippen LogP contribution in [-0.4, -0.2) is 21.6 Å². The molecule has 90 valence electrons. The number of aromatic nitrogens is 2. The summed E-state index contributed by atoms with van der Waals surface area (Å²) in [4.78, 5) is 4.07. The van der Waals surface area contributed by atoms with Crippen LogP contribution in [0.4, 0.5) is 0 Å². The van der Waals surface area contributed by atoms with Gasteiger partial charge in [-0.1, -0.05) is 13.8 Å². The van der Waals surface area contributed by atoms with Crippen molar-refractivity contribution in [2.45, 2.75) is 58.7 Å². The van der Waals surface area contributed by atoms with E-state index in [1.165, 1.54) is 19.3 Å². The summed E-state index contributed by atoms with van der Waals surface area (Å²) in [5.74, 6) is 0. The predicted octanol–water partition coefficient (Wildman–Crippen LogP) is 2.44. The standard InChI is InChI=1S/C13H23N3/c1-11(9-16-7-6-14-10-16)15-12-4-5-13(2,3)8-12/h6-7,10-12,15H,4-5,8-9H2,1-3H3. The van der Waals surface area contributed by atoms with Gasteiger partial charge >= 0.3 is 0 Å². The zero-order valence-electron chi connectivity index (χ0n) is 10.6. The normalized spacial score (nSPS) is 25.8. The van der Waals surface area contributed by atoms with Crippen LogP contribution in [0.5, 0.6) is 0 Å². The maximum Gasteiger partial charge on any atom is 0.0946 e. The molecule has 0 amide bonds. The van der Waals surface area contributed by atoms with E-state index >= 15 is 0 Å². The molecule has 3 heteroatoms. The van der Waals surface area contributed by atoms with E-state index in [2.05, 4.69) is 35.6 Å². The SMILES string of the molecule is CC(Cn1ccnc1)NC1CCC(C)(C)C1. The summed E-state index contributed by atoms with van der Waals surface area (Å²) in [5, 5.41) is 3.72. The van der Waals surface area contributed by atoms with Crippen molar-refractivity contribution in [1.29, 1.82) is 0 Å². The summed E-state index contributed by atoms with van der Waals surface area (Å²) in [6.07, 6.45) is 9.73. The molecule has 1 aromatic rings. The molecule has 0 radical (unpaired) electrons. The van der Waals surface area contributed by atoms with Crippen LogP contribution >= 0.6 is 0 Å². The average molecular weight is 221 g/mol. The van der Waals surface area contributed by atoms with Crippen molar-refractivity contribution in [3.8, 4) is 0 Å². The Morgan fingerprint density at radius 3 is 2.94 bits per heavy atom. The number of rotatable bonds is 4. The molecule has 0 aliphatic heterocycles. The molecule has 1 N–H and O–H groups in total. The third-order valence-corrected chi connectivity index (χ3v) is 3.53. The number of nitrogens with one attached hydrogen (secondary N) is 1. The molecule has 2 atom stereocenters. The minimum Gasteiger partial charge on any atom is -0.336 e. The molecule has 0 saturated heterocycles. The highest BCUT2D eigenvalue weighted by molar-refractivity contribution is 4.88. The first-order valence-electron chi connectivity index (χ1n) is 6.27. The third kappa shape index (κ3) is 3.08. The topological polar surface area (TPSA) is 29.9 Å². The second-order valence-corrected chi connectivity index (χ2v) is 5.93. The van der Waals surface area contributed by atoms with Crippen LogP contribution < -0.4 is 5.32 Å². The van der Waals surface area contributed by atoms with Gasteiger partial charge in [0.25, 0.3) is 0 Å². The molecule has 1 aliphatic rings. The van der Waals surface area contributed by atoms with E-state index in [0.29, 0.717) is 17.5 Å². The lowest BCUT2D eigenvalue weighted by atomic mass is 9.92. The van der Waals surface area contributed by atoms with Crippen molar-refractivity contribution in [2.75, 3.05) is 0 Å². The van der Waals surface area contributed by atoms with Crippen molar-refractivity contribution in [1.82, 2.24) is 14.9 Å². The van der Waals surface area contributed by atoms with Crippen LogP contribution in [0.3, 0.4) is 0 Å². The number of nitrogens with zero attached hydrogens (tertiary/aromatic N) is 2. The Morgan fingerprint density at radius 2 is 2.38 bits per heavy atom. The molecule has 1 fully saturated rings. The molecule has 1 aliphatic carbocycles. The Bertz CT molecular complexity index is 316. The van der Waals surface area contributed by atoms with E-state index in [-0.39, 0.29) is 0 Å². The van der Waals surface area contributed by atoms with Crippen LogP contribution in [0.25, 0.3) is 0 Å². The predicted molar refractivity (Wildman–Crippen MR) is 66.2 cm³/mol. The van der Waals surface area contributed by atoms with Crippen LogP contribution in [0, 0.1) is 5.41 Å². The van der Waals surface area contributed by atoms with Crippen molar-refractivity contribution in [2.24, 2.45) is 5.41 Å². The van der Waals surface area contributed by atoms with Gasteiger partial charge in [-0.25, -0.2) is 4.98 Å². The van der Waals surface area contributed by atoms with Gasteiger partial charge in [0.05, 0.1) is 6.33 Å². The van der Waals surface area contributed by atoms with Gasteiger partial charge < -0.3 is 9.88 Å². The fourth-order valence-corrected chi connectivity index (χ4v) is 2.74. The molecule has 2 rings (SSSR count). The van der Waals surface area contributed by atoms with E-state index in [1.807, 2.05) is 18.7 Å². The fraction of sp³-hybridized carbons (Fsp3) is 0.769. The van der Waals surface area contributed by atoms with Crippen molar-refractivity contribution in [3.05, 3.63) is 18.7 Å². The average Bonchev–Trinajstić information content (AvgIpc) is 2.76. The van der Waals surface area contributed by atoms with Gasteiger partial charge in [0.15, 0.2) is 0 Å². The lowest BCUT2D eigenvalue weighted by Crippen LogP contribution is -2.37. The lowest BCUT2D eigenvalue weighted by molar-refractivity contribution is 0.347. The summed E-state index contributed by atoms with van der Waals surface area (Å²) in [6, 6.07) is 1.22. The summed E-state index contributed by atoms with van der Waals surface area (Å²) in [5.41, 5.74) is 0.534. The molecule has 0 spiro atoms. The Labute approximate surface area is 98.3 Å². The number of hydrogen-bond donors (Lipinski definition) is 1. The smallest absolute Gasteiger partial charge is 0.0946 e. The monoisotopic (exact) mass is 221 g/mol. The number of hydrogen-bond acceptors (Lipinski definition) is 2. The zero-order chi connectivity index (χ0) is 11.6. The molecule has 1 saturated carbocycles. The highest BCUT2D eigenvalue weighted by atomic mass is 15.1. The molecular formula is C13H23N3. The van der Waals surface area contributed by atoms with Gasteiger partial charge in [-0.3, -0.25) is 0 Å². The first-order chi connectivity index (χ1) is 7.55. The first kappa shape index (κ1) is 11.6. The first-order valence-corrected chi connectivity index (χ1v) is 6.27. The Balaban J connectivity index is 1.78. The van der Waals surface area contributed by atoms with Gasteiger partial charge in [-0.15, -0.1) is 0 Å². The van der Waals surface area contributed by atoms with E-state index in [0.717, 1.165) is 6.54 Å². The molecule has 2 unspecified atom stereocenters. The molecule has 16 heavy (non-hydrogen) atoms. The minimum atomic E-state index is 0.521. The Hall–Kier alpha value is -0.830. The Morgan fingerprint density at radius 1 is 1.56 bits per heavy atom. The highest BCUT2D eigenvalue weighted by Gasteiger charge is 2.31. The van der Waals surface area contributed by atoms with Crippen LogP contribution in [-0.2, 0) is 6.54 Å². The fourth-order valence-electron chi connectivity index (χ4n) is 2.74. The lowest BCUT2D eigenvalue weighted by Gasteiger charge is -2.22. The van der Waals surface area contributed by atoms with Gasteiger partial charge in [0.2, 0.25) is 0 Å². The molecule has 1 heterocycles. The summed E-state index contributed by atoms with van der Waals surface area (Å²) < 4.78 is 2.14. The van der Waals surface area contributed by atoms with Crippen LogP contribution in [0.2, 0.25) is 0 Å². The Kier molecular flexibility index (Phi) is 3.33. The molecule has 3 nitrogen and oxygen atoms in total. The molecule has 0 bridgehead atoms. The maximum atomic E-state index is 4.07. The summed E-state index contributed by atoms with van der Waals surface area (Å²) in [6.45, 7) is 8.01. The van der Waals surface area contributed by atoms with Crippen molar-refractivity contribution < 1.29 is 0 Å². The van der Waals surface area contributed by atoms with Gasteiger partial charge in [0, 0.05) is 31.0 Å². The summed E-state index contributed by atoms with van der Waals surface area (Å²) in [7, 11) is 0. The van der Waals surface area contributed by atoms with Crippen LogP contribution in [0.1, 0.15) is 40.0 Å². The van der Waals surface area contributed by atoms with Crippen LogP contribution in [0.15, 0.2) is 18.7 Å². The van der Waals surface area contributed by atoms with E-state index in [9.17, 15) is 0 Å². The molecule has 0 aromatic carbocycles. The maximum absolute atomic E-state index is 4.07. The minimum absolute atomic E-state index is 0.521. The second-order valence-electron chi connectivity index (χ2n) is 5.93. The van der Waals surface area contributed by atoms with Gasteiger partial charge in [0.1, 0.15) is 0 Å². The zero-order valence-corrected chi connectivity index (χ0v) is 10.6. The third-order valence-electron chi connectivity index (χ3n) is 3.53. The second kappa shape index (κ2) is 4.58. The molecule has 1 aromatic heterocycles. The quantitative estimate of drug-likeness (QED) is 0.846. The van der Waals surface area contributed by atoms with Crippen molar-refractivity contribution >= 4 is 0 Å². The van der Waals surface area contributed by atoms with Gasteiger partial charge in [-0.2, -0.15) is 0 Å². The van der Waals surface area contributed by atoms with Gasteiger partial charge in [-0.05, 0) is 31.6 Å². The number of imidazole rings is 1.